The minimum absolute atomic E-state index is 0.0158. The fraction of sp³-hybridized carbons (Fsp3) is 1.00. The molecule has 0 spiro atoms. The van der Waals surface area contributed by atoms with Crippen LogP contribution in [0.25, 0.3) is 0 Å². The number of hydrogen-bond acceptors (Lipinski definition) is 2. The molecule has 2 aliphatic carbocycles. The van der Waals surface area contributed by atoms with Crippen LogP contribution in [0.4, 0.5) is 0 Å². The molecule has 106 valence electrons. The highest BCUT2D eigenvalue weighted by Crippen LogP contribution is 2.39. The van der Waals surface area contributed by atoms with E-state index in [-0.39, 0.29) is 5.60 Å². The Morgan fingerprint density at radius 3 is 2.39 bits per heavy atom. The van der Waals surface area contributed by atoms with Crippen LogP contribution in [0.3, 0.4) is 0 Å². The van der Waals surface area contributed by atoms with Crippen molar-refractivity contribution in [1.82, 2.24) is 0 Å². The Balaban J connectivity index is 1.96. The molecule has 2 N–H and O–H groups in total. The van der Waals surface area contributed by atoms with Crippen LogP contribution < -0.4 is 5.73 Å². The molecule has 2 fully saturated rings. The summed E-state index contributed by atoms with van der Waals surface area (Å²) in [5.41, 5.74) is 6.08. The van der Waals surface area contributed by atoms with Crippen molar-refractivity contribution >= 4 is 0 Å². The van der Waals surface area contributed by atoms with Gasteiger partial charge in [-0.3, -0.25) is 0 Å². The maximum atomic E-state index is 6.60. The Morgan fingerprint density at radius 1 is 1.11 bits per heavy atom. The summed E-state index contributed by atoms with van der Waals surface area (Å²) in [5.74, 6) is 1.64. The quantitative estimate of drug-likeness (QED) is 0.825. The molecular formula is C16H31NO. The highest BCUT2D eigenvalue weighted by Gasteiger charge is 2.38. The fourth-order valence-electron chi connectivity index (χ4n) is 3.78. The fourth-order valence-corrected chi connectivity index (χ4v) is 3.78. The first-order valence-electron chi connectivity index (χ1n) is 8.07. The van der Waals surface area contributed by atoms with E-state index in [2.05, 4.69) is 13.8 Å². The molecule has 0 radical (unpaired) electrons. The molecule has 0 aromatic carbocycles. The average Bonchev–Trinajstić information content (AvgIpc) is 2.42. The lowest BCUT2D eigenvalue weighted by atomic mass is 9.78. The zero-order valence-corrected chi connectivity index (χ0v) is 12.3. The van der Waals surface area contributed by atoms with Crippen molar-refractivity contribution < 1.29 is 4.74 Å². The largest absolute Gasteiger partial charge is 0.370 e. The summed E-state index contributed by atoms with van der Waals surface area (Å²) in [6.07, 6.45) is 12.1. The third-order valence-corrected chi connectivity index (χ3v) is 5.32. The number of rotatable bonds is 4. The molecule has 0 amide bonds. The lowest BCUT2D eigenvalue weighted by Gasteiger charge is -2.44. The van der Waals surface area contributed by atoms with Gasteiger partial charge in [-0.15, -0.1) is 0 Å². The molecule has 0 aromatic rings. The van der Waals surface area contributed by atoms with E-state index in [9.17, 15) is 0 Å². The zero-order valence-electron chi connectivity index (χ0n) is 12.3. The Hall–Kier alpha value is -0.0800. The predicted molar refractivity (Wildman–Crippen MR) is 76.5 cm³/mol. The highest BCUT2D eigenvalue weighted by atomic mass is 16.5. The Labute approximate surface area is 113 Å². The minimum atomic E-state index is 0.0158. The van der Waals surface area contributed by atoms with Crippen molar-refractivity contribution in [2.75, 3.05) is 6.54 Å². The molecule has 0 bridgehead atoms. The second-order valence-electron chi connectivity index (χ2n) is 6.68. The van der Waals surface area contributed by atoms with Crippen molar-refractivity contribution in [2.24, 2.45) is 17.6 Å². The van der Waals surface area contributed by atoms with Crippen LogP contribution in [-0.4, -0.2) is 18.2 Å². The highest BCUT2D eigenvalue weighted by molar-refractivity contribution is 4.90. The van der Waals surface area contributed by atoms with Crippen LogP contribution in [0.5, 0.6) is 0 Å². The van der Waals surface area contributed by atoms with Crippen molar-refractivity contribution in [3.63, 3.8) is 0 Å². The summed E-state index contributed by atoms with van der Waals surface area (Å²) >= 11 is 0. The molecule has 2 nitrogen and oxygen atoms in total. The first-order valence-corrected chi connectivity index (χ1v) is 8.07. The van der Waals surface area contributed by atoms with E-state index in [4.69, 9.17) is 10.5 Å². The molecule has 18 heavy (non-hydrogen) atoms. The molecule has 2 atom stereocenters. The molecular weight excluding hydrogens is 222 g/mol. The topological polar surface area (TPSA) is 35.2 Å². The third-order valence-electron chi connectivity index (χ3n) is 5.32. The van der Waals surface area contributed by atoms with Crippen molar-refractivity contribution in [3.8, 4) is 0 Å². The van der Waals surface area contributed by atoms with Crippen LogP contribution in [0, 0.1) is 11.8 Å². The van der Waals surface area contributed by atoms with Gasteiger partial charge in [0.1, 0.15) is 0 Å². The van der Waals surface area contributed by atoms with Crippen LogP contribution in [0.15, 0.2) is 0 Å². The number of nitrogens with two attached hydrogens (primary N) is 1. The van der Waals surface area contributed by atoms with Gasteiger partial charge in [-0.25, -0.2) is 0 Å². The predicted octanol–water partition coefficient (Wildman–Crippen LogP) is 3.88. The van der Waals surface area contributed by atoms with Gasteiger partial charge in [-0.2, -0.15) is 0 Å². The van der Waals surface area contributed by atoms with Gasteiger partial charge in [-0.1, -0.05) is 33.1 Å². The zero-order chi connectivity index (χ0) is 13.0. The minimum Gasteiger partial charge on any atom is -0.370 e. The summed E-state index contributed by atoms with van der Waals surface area (Å²) in [4.78, 5) is 0. The van der Waals surface area contributed by atoms with Gasteiger partial charge in [0.15, 0.2) is 0 Å². The normalized spacial score (nSPS) is 41.8. The molecule has 0 heterocycles. The summed E-state index contributed by atoms with van der Waals surface area (Å²) in [7, 11) is 0. The Kier molecular flexibility index (Phi) is 5.08. The lowest BCUT2D eigenvalue weighted by molar-refractivity contribution is -0.141. The van der Waals surface area contributed by atoms with E-state index < -0.39 is 0 Å². The van der Waals surface area contributed by atoms with Crippen molar-refractivity contribution in [1.29, 1.82) is 0 Å². The molecule has 2 saturated carbocycles. The lowest BCUT2D eigenvalue weighted by Crippen LogP contribution is -2.48. The number of hydrogen-bond donors (Lipinski definition) is 1. The van der Waals surface area contributed by atoms with Gasteiger partial charge in [0.05, 0.1) is 11.7 Å². The molecule has 0 saturated heterocycles. The summed E-state index contributed by atoms with van der Waals surface area (Å²) in [6, 6.07) is 0. The van der Waals surface area contributed by atoms with Crippen LogP contribution in [0.2, 0.25) is 0 Å². The SMILES string of the molecule is CCC1CCCCC1OC1(CN)CCC(C)CC1. The maximum Gasteiger partial charge on any atom is 0.0808 e. The molecule has 0 aromatic heterocycles. The first-order chi connectivity index (χ1) is 8.69. The second kappa shape index (κ2) is 6.38. The van der Waals surface area contributed by atoms with E-state index in [0.717, 1.165) is 11.8 Å². The van der Waals surface area contributed by atoms with Crippen LogP contribution in [0.1, 0.15) is 71.6 Å². The van der Waals surface area contributed by atoms with E-state index in [0.29, 0.717) is 12.6 Å². The van der Waals surface area contributed by atoms with E-state index in [1.807, 2.05) is 0 Å². The van der Waals surface area contributed by atoms with Crippen molar-refractivity contribution in [2.45, 2.75) is 83.3 Å². The van der Waals surface area contributed by atoms with Gasteiger partial charge >= 0.3 is 0 Å². The Bertz CT molecular complexity index is 245. The molecule has 2 aliphatic rings. The standard InChI is InChI=1S/C16H31NO/c1-3-14-6-4-5-7-15(14)18-16(12-17)10-8-13(2)9-11-16/h13-15H,3-12,17H2,1-2H3. The summed E-state index contributed by atoms with van der Waals surface area (Å²) < 4.78 is 6.60. The number of ether oxygens (including phenoxy) is 1. The van der Waals surface area contributed by atoms with Crippen LogP contribution >= 0.6 is 0 Å². The molecule has 0 aliphatic heterocycles. The monoisotopic (exact) mass is 253 g/mol. The molecule has 2 unspecified atom stereocenters. The maximum absolute atomic E-state index is 6.60. The average molecular weight is 253 g/mol. The summed E-state index contributed by atoms with van der Waals surface area (Å²) in [5, 5.41) is 0. The third kappa shape index (κ3) is 3.27. The van der Waals surface area contributed by atoms with Gasteiger partial charge < -0.3 is 10.5 Å². The van der Waals surface area contributed by atoms with E-state index >= 15 is 0 Å². The van der Waals surface area contributed by atoms with Gasteiger partial charge in [0, 0.05) is 6.54 Å². The molecule has 2 heteroatoms. The second-order valence-corrected chi connectivity index (χ2v) is 6.68. The summed E-state index contributed by atoms with van der Waals surface area (Å²) in [6.45, 7) is 5.38. The van der Waals surface area contributed by atoms with Crippen LogP contribution in [-0.2, 0) is 4.74 Å². The molecule has 2 rings (SSSR count). The smallest absolute Gasteiger partial charge is 0.0808 e. The van der Waals surface area contributed by atoms with Gasteiger partial charge in [-0.05, 0) is 50.4 Å². The Morgan fingerprint density at radius 2 is 1.78 bits per heavy atom. The van der Waals surface area contributed by atoms with Gasteiger partial charge in [0.25, 0.3) is 0 Å². The van der Waals surface area contributed by atoms with E-state index in [1.165, 1.54) is 57.8 Å². The van der Waals surface area contributed by atoms with Crippen molar-refractivity contribution in [3.05, 3.63) is 0 Å². The van der Waals surface area contributed by atoms with E-state index in [1.54, 1.807) is 0 Å². The first kappa shape index (κ1) is 14.3. The van der Waals surface area contributed by atoms with Gasteiger partial charge in [0.2, 0.25) is 0 Å².